The lowest BCUT2D eigenvalue weighted by Gasteiger charge is -2.26. The smallest absolute Gasteiger partial charge is 0.251 e. The summed E-state index contributed by atoms with van der Waals surface area (Å²) in [6.07, 6.45) is 2.78. The topological polar surface area (TPSA) is 75.7 Å². The van der Waals surface area contributed by atoms with Crippen molar-refractivity contribution in [2.24, 2.45) is 0 Å². The molecular weight excluding hydrogens is 412 g/mol. The van der Waals surface area contributed by atoms with Crippen LogP contribution in [0.4, 0.5) is 0 Å². The standard InChI is InChI=1S/C21H25ClN2O4S/c1-16-5-6-17(15-20(16)29(26,27)24-12-3-2-4-13-24)21(25)23-11-14-28-19-9-7-18(22)8-10-19/h5-10,15H,2-4,11-14H2,1H3,(H,23,25). The Morgan fingerprint density at radius 2 is 1.79 bits per heavy atom. The number of hydrogen-bond acceptors (Lipinski definition) is 4. The maximum absolute atomic E-state index is 13.0. The lowest BCUT2D eigenvalue weighted by atomic mass is 10.1. The predicted molar refractivity (Wildman–Crippen MR) is 113 cm³/mol. The molecule has 2 aromatic carbocycles. The number of piperidine rings is 1. The Morgan fingerprint density at radius 3 is 2.48 bits per heavy atom. The van der Waals surface area contributed by atoms with E-state index in [-0.39, 0.29) is 17.4 Å². The third-order valence-electron chi connectivity index (χ3n) is 4.85. The molecule has 1 aliphatic heterocycles. The molecule has 29 heavy (non-hydrogen) atoms. The minimum absolute atomic E-state index is 0.199. The fourth-order valence-electron chi connectivity index (χ4n) is 3.23. The molecule has 1 heterocycles. The number of carbonyl (C=O) groups is 1. The van der Waals surface area contributed by atoms with Crippen molar-refractivity contribution in [1.82, 2.24) is 9.62 Å². The Kier molecular flexibility index (Phi) is 7.16. The second-order valence-corrected chi connectivity index (χ2v) is 9.35. The number of rotatable bonds is 7. The molecule has 0 radical (unpaired) electrons. The van der Waals surface area contributed by atoms with Crippen LogP contribution in [0.1, 0.15) is 35.2 Å². The van der Waals surface area contributed by atoms with Crippen molar-refractivity contribution in [3.8, 4) is 5.75 Å². The molecular formula is C21H25ClN2O4S. The number of aryl methyl sites for hydroxylation is 1. The van der Waals surface area contributed by atoms with Crippen LogP contribution in [0.5, 0.6) is 5.75 Å². The SMILES string of the molecule is Cc1ccc(C(=O)NCCOc2ccc(Cl)cc2)cc1S(=O)(=O)N1CCCCC1. The minimum Gasteiger partial charge on any atom is -0.492 e. The largest absolute Gasteiger partial charge is 0.492 e. The lowest BCUT2D eigenvalue weighted by Crippen LogP contribution is -2.36. The normalized spacial score (nSPS) is 15.1. The van der Waals surface area contributed by atoms with E-state index in [0.717, 1.165) is 19.3 Å². The van der Waals surface area contributed by atoms with Gasteiger partial charge in [-0.2, -0.15) is 4.31 Å². The van der Waals surface area contributed by atoms with E-state index >= 15 is 0 Å². The molecule has 0 atom stereocenters. The van der Waals surface area contributed by atoms with Crippen LogP contribution in [0.25, 0.3) is 0 Å². The van der Waals surface area contributed by atoms with E-state index < -0.39 is 10.0 Å². The van der Waals surface area contributed by atoms with Crippen LogP contribution in [0.2, 0.25) is 5.02 Å². The second kappa shape index (κ2) is 9.61. The van der Waals surface area contributed by atoms with Gasteiger partial charge in [0, 0.05) is 23.7 Å². The zero-order valence-corrected chi connectivity index (χ0v) is 17.9. The van der Waals surface area contributed by atoms with Crippen molar-refractivity contribution >= 4 is 27.5 Å². The van der Waals surface area contributed by atoms with Gasteiger partial charge in [0.1, 0.15) is 12.4 Å². The number of carbonyl (C=O) groups excluding carboxylic acids is 1. The Labute approximate surface area is 176 Å². The summed E-state index contributed by atoms with van der Waals surface area (Å²) in [6.45, 7) is 3.39. The van der Waals surface area contributed by atoms with E-state index in [0.29, 0.717) is 41.5 Å². The van der Waals surface area contributed by atoms with E-state index in [1.165, 1.54) is 10.4 Å². The first kappa shape index (κ1) is 21.6. The fraction of sp³-hybridized carbons (Fsp3) is 0.381. The van der Waals surface area contributed by atoms with Crippen molar-refractivity contribution in [3.63, 3.8) is 0 Å². The molecule has 1 aliphatic rings. The molecule has 6 nitrogen and oxygen atoms in total. The van der Waals surface area contributed by atoms with Gasteiger partial charge in [-0.15, -0.1) is 0 Å². The molecule has 0 saturated carbocycles. The third kappa shape index (κ3) is 5.50. The summed E-state index contributed by atoms with van der Waals surface area (Å²) in [5, 5.41) is 3.39. The summed E-state index contributed by atoms with van der Waals surface area (Å²) in [4.78, 5) is 12.7. The summed E-state index contributed by atoms with van der Waals surface area (Å²) < 4.78 is 33.0. The van der Waals surface area contributed by atoms with Crippen LogP contribution in [-0.4, -0.2) is 44.9 Å². The Balaban J connectivity index is 1.62. The van der Waals surface area contributed by atoms with Crippen LogP contribution >= 0.6 is 11.6 Å². The number of amides is 1. The quantitative estimate of drug-likeness (QED) is 0.672. The number of ether oxygens (including phenoxy) is 1. The average Bonchev–Trinajstić information content (AvgIpc) is 2.73. The van der Waals surface area contributed by atoms with Gasteiger partial charge in [-0.25, -0.2) is 8.42 Å². The zero-order chi connectivity index (χ0) is 20.9. The molecule has 0 aliphatic carbocycles. The first-order valence-electron chi connectivity index (χ1n) is 9.65. The summed E-state index contributed by atoms with van der Waals surface area (Å²) in [5.41, 5.74) is 0.955. The highest BCUT2D eigenvalue weighted by Gasteiger charge is 2.28. The lowest BCUT2D eigenvalue weighted by molar-refractivity contribution is 0.0946. The highest BCUT2D eigenvalue weighted by Crippen LogP contribution is 2.24. The Bertz CT molecular complexity index is 955. The van der Waals surface area contributed by atoms with E-state index in [1.807, 2.05) is 0 Å². The van der Waals surface area contributed by atoms with Gasteiger partial charge >= 0.3 is 0 Å². The van der Waals surface area contributed by atoms with Gasteiger partial charge in [0.15, 0.2) is 0 Å². The fourth-order valence-corrected chi connectivity index (χ4v) is 5.12. The zero-order valence-electron chi connectivity index (χ0n) is 16.4. The van der Waals surface area contributed by atoms with E-state index in [4.69, 9.17) is 16.3 Å². The molecule has 3 rings (SSSR count). The van der Waals surface area contributed by atoms with Gasteiger partial charge in [0.25, 0.3) is 5.91 Å². The van der Waals surface area contributed by atoms with E-state index in [1.54, 1.807) is 43.3 Å². The molecule has 1 saturated heterocycles. The Hall–Kier alpha value is -2.09. The number of halogens is 1. The maximum Gasteiger partial charge on any atom is 0.251 e. The molecule has 0 spiro atoms. The number of nitrogens with one attached hydrogen (secondary N) is 1. The van der Waals surface area contributed by atoms with E-state index in [9.17, 15) is 13.2 Å². The van der Waals surface area contributed by atoms with Crippen LogP contribution in [0, 0.1) is 6.92 Å². The molecule has 0 unspecified atom stereocenters. The molecule has 156 valence electrons. The first-order valence-corrected chi connectivity index (χ1v) is 11.5. The molecule has 1 amide bonds. The highest BCUT2D eigenvalue weighted by molar-refractivity contribution is 7.89. The third-order valence-corrected chi connectivity index (χ3v) is 7.15. The van der Waals surface area contributed by atoms with E-state index in [2.05, 4.69) is 5.32 Å². The summed E-state index contributed by atoms with van der Waals surface area (Å²) in [6, 6.07) is 11.7. The van der Waals surface area contributed by atoms with Crippen molar-refractivity contribution in [2.45, 2.75) is 31.1 Å². The number of benzene rings is 2. The second-order valence-electron chi connectivity index (χ2n) is 7.00. The number of hydrogen-bond donors (Lipinski definition) is 1. The summed E-state index contributed by atoms with van der Waals surface area (Å²) >= 11 is 5.83. The molecule has 8 heteroatoms. The molecule has 1 fully saturated rings. The van der Waals surface area contributed by atoms with Gasteiger partial charge in [-0.05, 0) is 61.7 Å². The van der Waals surface area contributed by atoms with Crippen LogP contribution in [-0.2, 0) is 10.0 Å². The first-order chi connectivity index (χ1) is 13.9. The monoisotopic (exact) mass is 436 g/mol. The molecule has 1 N–H and O–H groups in total. The minimum atomic E-state index is -3.60. The van der Waals surface area contributed by atoms with Gasteiger partial charge in [-0.3, -0.25) is 4.79 Å². The highest BCUT2D eigenvalue weighted by atomic mass is 35.5. The van der Waals surface area contributed by atoms with Crippen molar-refractivity contribution in [2.75, 3.05) is 26.2 Å². The summed E-state index contributed by atoms with van der Waals surface area (Å²) in [7, 11) is -3.60. The summed E-state index contributed by atoms with van der Waals surface area (Å²) in [5.74, 6) is 0.327. The van der Waals surface area contributed by atoms with Gasteiger partial charge in [0.05, 0.1) is 11.4 Å². The predicted octanol–water partition coefficient (Wildman–Crippen LogP) is 3.63. The van der Waals surface area contributed by atoms with Crippen molar-refractivity contribution < 1.29 is 17.9 Å². The van der Waals surface area contributed by atoms with Crippen molar-refractivity contribution in [3.05, 3.63) is 58.6 Å². The van der Waals surface area contributed by atoms with Gasteiger partial charge < -0.3 is 10.1 Å². The van der Waals surface area contributed by atoms with Gasteiger partial charge in [0.2, 0.25) is 10.0 Å². The number of sulfonamides is 1. The van der Waals surface area contributed by atoms with Crippen molar-refractivity contribution in [1.29, 1.82) is 0 Å². The Morgan fingerprint density at radius 1 is 1.10 bits per heavy atom. The van der Waals surface area contributed by atoms with Crippen LogP contribution in [0.15, 0.2) is 47.4 Å². The number of nitrogens with zero attached hydrogens (tertiary/aromatic N) is 1. The molecule has 0 bridgehead atoms. The molecule has 0 aromatic heterocycles. The van der Waals surface area contributed by atoms with Crippen LogP contribution < -0.4 is 10.1 Å². The average molecular weight is 437 g/mol. The maximum atomic E-state index is 13.0. The van der Waals surface area contributed by atoms with Gasteiger partial charge in [-0.1, -0.05) is 24.1 Å². The van der Waals surface area contributed by atoms with Crippen LogP contribution in [0.3, 0.4) is 0 Å². The molecule has 2 aromatic rings.